The smallest absolute Gasteiger partial charge is 0.126 e. The van der Waals surface area contributed by atoms with Crippen LogP contribution in [0.1, 0.15) is 33.4 Å². The largest absolute Gasteiger partial charge is 0.496 e. The van der Waals surface area contributed by atoms with Gasteiger partial charge in [-0.15, -0.1) is 0 Å². The molecule has 32 heavy (non-hydrogen) atoms. The van der Waals surface area contributed by atoms with Crippen molar-refractivity contribution in [3.8, 4) is 23.6 Å². The van der Waals surface area contributed by atoms with Crippen molar-refractivity contribution in [2.45, 2.75) is 13.8 Å². The molecule has 0 saturated carbocycles. The topological polar surface area (TPSA) is 66.0 Å². The maximum atomic E-state index is 9.72. The van der Waals surface area contributed by atoms with Crippen LogP contribution in [-0.4, -0.2) is 14.2 Å². The third-order valence-corrected chi connectivity index (χ3v) is 5.15. The van der Waals surface area contributed by atoms with Crippen LogP contribution >= 0.6 is 0 Å². The van der Waals surface area contributed by atoms with Gasteiger partial charge in [-0.25, -0.2) is 0 Å². The van der Waals surface area contributed by atoms with Gasteiger partial charge in [0.05, 0.1) is 37.5 Å². The molecule has 0 aliphatic carbocycles. The van der Waals surface area contributed by atoms with Crippen molar-refractivity contribution in [3.63, 3.8) is 0 Å². The van der Waals surface area contributed by atoms with Crippen LogP contribution in [-0.2, 0) is 0 Å². The Morgan fingerprint density at radius 1 is 0.656 bits per heavy atom. The van der Waals surface area contributed by atoms with Crippen molar-refractivity contribution >= 4 is 23.3 Å². The first-order chi connectivity index (χ1) is 15.5. The molecular formula is C28H24N2O2. The molecule has 0 heterocycles. The molecule has 3 rings (SSSR count). The van der Waals surface area contributed by atoms with Gasteiger partial charge in [-0.1, -0.05) is 59.7 Å². The van der Waals surface area contributed by atoms with Crippen LogP contribution in [0.3, 0.4) is 0 Å². The lowest BCUT2D eigenvalue weighted by Gasteiger charge is -2.12. The van der Waals surface area contributed by atoms with Gasteiger partial charge in [-0.3, -0.25) is 0 Å². The van der Waals surface area contributed by atoms with Crippen molar-refractivity contribution < 1.29 is 9.47 Å². The molecule has 0 spiro atoms. The molecule has 0 atom stereocenters. The second-order valence-corrected chi connectivity index (χ2v) is 7.41. The van der Waals surface area contributed by atoms with E-state index in [0.717, 1.165) is 22.3 Å². The lowest BCUT2D eigenvalue weighted by Crippen LogP contribution is -1.94. The van der Waals surface area contributed by atoms with Gasteiger partial charge in [0, 0.05) is 11.1 Å². The average molecular weight is 421 g/mol. The second-order valence-electron chi connectivity index (χ2n) is 7.41. The first kappa shape index (κ1) is 22.4. The Morgan fingerprint density at radius 2 is 1.00 bits per heavy atom. The monoisotopic (exact) mass is 420 g/mol. The molecule has 4 nitrogen and oxygen atoms in total. The predicted octanol–water partition coefficient (Wildman–Crippen LogP) is 6.45. The molecule has 0 fully saturated rings. The number of hydrogen-bond acceptors (Lipinski definition) is 4. The van der Waals surface area contributed by atoms with Crippen LogP contribution in [0.25, 0.3) is 23.3 Å². The highest BCUT2D eigenvalue weighted by Gasteiger charge is 2.12. The van der Waals surface area contributed by atoms with E-state index < -0.39 is 0 Å². The zero-order chi connectivity index (χ0) is 23.1. The molecule has 3 aromatic rings. The van der Waals surface area contributed by atoms with Crippen molar-refractivity contribution in [2.24, 2.45) is 0 Å². The van der Waals surface area contributed by atoms with E-state index in [2.05, 4.69) is 12.1 Å². The van der Waals surface area contributed by atoms with Crippen molar-refractivity contribution in [1.29, 1.82) is 10.5 Å². The number of methoxy groups -OCH3 is 2. The zero-order valence-corrected chi connectivity index (χ0v) is 18.6. The van der Waals surface area contributed by atoms with Gasteiger partial charge >= 0.3 is 0 Å². The number of allylic oxidation sites excluding steroid dienone is 2. The van der Waals surface area contributed by atoms with E-state index in [1.807, 2.05) is 74.5 Å². The minimum atomic E-state index is 0.519. The normalized spacial score (nSPS) is 11.4. The van der Waals surface area contributed by atoms with E-state index in [4.69, 9.17) is 9.47 Å². The Hall–Kier alpha value is -4.28. The van der Waals surface area contributed by atoms with Crippen molar-refractivity contribution in [2.75, 3.05) is 14.2 Å². The quantitative estimate of drug-likeness (QED) is 0.339. The number of nitrogens with zero attached hydrogens (tertiary/aromatic N) is 2. The van der Waals surface area contributed by atoms with Crippen molar-refractivity contribution in [1.82, 2.24) is 0 Å². The summed E-state index contributed by atoms with van der Waals surface area (Å²) in [7, 11) is 3.16. The molecule has 158 valence electrons. The second kappa shape index (κ2) is 10.2. The number of hydrogen-bond donors (Lipinski definition) is 0. The molecule has 0 aromatic heterocycles. The highest BCUT2D eigenvalue weighted by Crippen LogP contribution is 2.34. The summed E-state index contributed by atoms with van der Waals surface area (Å²) >= 11 is 0. The SMILES string of the molecule is COc1cc(C=C(C#N)c2ccc(C)cc2)c(OC)cc1C=C(C#N)c1ccc(C)cc1. The minimum absolute atomic E-state index is 0.519. The fraction of sp³-hybridized carbons (Fsp3) is 0.143. The number of benzene rings is 3. The van der Waals surface area contributed by atoms with Crippen LogP contribution in [0, 0.1) is 36.5 Å². The Kier molecular flexibility index (Phi) is 7.11. The summed E-state index contributed by atoms with van der Waals surface area (Å²) in [5, 5.41) is 19.4. The van der Waals surface area contributed by atoms with Gasteiger partial charge in [0.15, 0.2) is 0 Å². The molecular weight excluding hydrogens is 396 g/mol. The molecule has 3 aromatic carbocycles. The molecule has 0 unspecified atom stereocenters. The maximum Gasteiger partial charge on any atom is 0.126 e. The Bertz CT molecular complexity index is 1150. The molecule has 4 heteroatoms. The summed E-state index contributed by atoms with van der Waals surface area (Å²) in [5.74, 6) is 1.16. The fourth-order valence-electron chi connectivity index (χ4n) is 3.31. The molecule has 0 amide bonds. The number of ether oxygens (including phenoxy) is 2. The highest BCUT2D eigenvalue weighted by molar-refractivity contribution is 5.93. The molecule has 0 saturated heterocycles. The lowest BCUT2D eigenvalue weighted by atomic mass is 9.99. The third kappa shape index (κ3) is 5.06. The minimum Gasteiger partial charge on any atom is -0.496 e. The summed E-state index contributed by atoms with van der Waals surface area (Å²) in [4.78, 5) is 0. The summed E-state index contributed by atoms with van der Waals surface area (Å²) < 4.78 is 11.2. The van der Waals surface area contributed by atoms with E-state index in [1.165, 1.54) is 0 Å². The summed E-state index contributed by atoms with van der Waals surface area (Å²) in [6, 6.07) is 23.8. The summed E-state index contributed by atoms with van der Waals surface area (Å²) in [5.41, 5.74) is 6.38. The summed E-state index contributed by atoms with van der Waals surface area (Å²) in [6.45, 7) is 4.01. The Balaban J connectivity index is 2.10. The van der Waals surface area contributed by atoms with Gasteiger partial charge in [-0.2, -0.15) is 10.5 Å². The lowest BCUT2D eigenvalue weighted by molar-refractivity contribution is 0.401. The number of rotatable bonds is 6. The van der Waals surface area contributed by atoms with Gasteiger partial charge in [0.2, 0.25) is 0 Å². The fourth-order valence-corrected chi connectivity index (χ4v) is 3.31. The third-order valence-electron chi connectivity index (χ3n) is 5.15. The van der Waals surface area contributed by atoms with Gasteiger partial charge in [0.25, 0.3) is 0 Å². The zero-order valence-electron chi connectivity index (χ0n) is 18.6. The van der Waals surface area contributed by atoms with E-state index >= 15 is 0 Å². The average Bonchev–Trinajstić information content (AvgIpc) is 2.82. The van der Waals surface area contributed by atoms with Gasteiger partial charge in [0.1, 0.15) is 11.5 Å². The van der Waals surface area contributed by atoms with E-state index in [-0.39, 0.29) is 0 Å². The maximum absolute atomic E-state index is 9.72. The first-order valence-electron chi connectivity index (χ1n) is 10.1. The van der Waals surface area contributed by atoms with Crippen LogP contribution < -0.4 is 9.47 Å². The summed E-state index contributed by atoms with van der Waals surface area (Å²) in [6.07, 6.45) is 3.56. The molecule has 0 N–H and O–H groups in total. The van der Waals surface area contributed by atoms with Crippen LogP contribution in [0.2, 0.25) is 0 Å². The predicted molar refractivity (Wildman–Crippen MR) is 129 cm³/mol. The Morgan fingerprint density at radius 3 is 1.28 bits per heavy atom. The van der Waals surface area contributed by atoms with E-state index in [0.29, 0.717) is 33.8 Å². The van der Waals surface area contributed by atoms with Crippen LogP contribution in [0.4, 0.5) is 0 Å². The van der Waals surface area contributed by atoms with Gasteiger partial charge in [-0.05, 0) is 49.3 Å². The Labute approximate surface area is 189 Å². The van der Waals surface area contributed by atoms with E-state index in [9.17, 15) is 10.5 Å². The molecule has 0 bridgehead atoms. The van der Waals surface area contributed by atoms with Crippen LogP contribution in [0.15, 0.2) is 60.7 Å². The molecule has 0 aliphatic heterocycles. The standard InChI is InChI=1S/C28H24N2O2/c1-19-5-9-21(10-6-19)25(17-29)13-23-15-28(32-4)24(16-27(23)31-3)14-26(18-30)22-11-7-20(2)8-12-22/h5-16H,1-4H3. The molecule has 0 radical (unpaired) electrons. The van der Waals surface area contributed by atoms with Gasteiger partial charge < -0.3 is 9.47 Å². The van der Waals surface area contributed by atoms with E-state index in [1.54, 1.807) is 26.4 Å². The molecule has 0 aliphatic rings. The van der Waals surface area contributed by atoms with Crippen LogP contribution in [0.5, 0.6) is 11.5 Å². The first-order valence-corrected chi connectivity index (χ1v) is 10.1. The number of nitriles is 2. The van der Waals surface area contributed by atoms with Crippen molar-refractivity contribution in [3.05, 3.63) is 94.0 Å². The number of aryl methyl sites for hydroxylation is 2. The highest BCUT2D eigenvalue weighted by atomic mass is 16.5.